The fraction of sp³-hybridized carbons (Fsp3) is 0.455. The van der Waals surface area contributed by atoms with Crippen LogP contribution in [0.1, 0.15) is 62.0 Å². The van der Waals surface area contributed by atoms with E-state index in [-0.39, 0.29) is 17.9 Å². The highest BCUT2D eigenvalue weighted by molar-refractivity contribution is 7.40. The first-order valence-corrected chi connectivity index (χ1v) is 11.1. The molecule has 2 aromatic rings. The van der Waals surface area contributed by atoms with Gasteiger partial charge in [-0.05, 0) is 38.8 Å². The van der Waals surface area contributed by atoms with Gasteiger partial charge in [0, 0.05) is 28.5 Å². The van der Waals surface area contributed by atoms with Crippen LogP contribution in [0.4, 0.5) is 5.69 Å². The van der Waals surface area contributed by atoms with Crippen LogP contribution in [-0.2, 0) is 4.79 Å². The first kappa shape index (κ1) is 19.6. The summed E-state index contributed by atoms with van der Waals surface area (Å²) in [6.07, 6.45) is 6.35. The van der Waals surface area contributed by atoms with Gasteiger partial charge < -0.3 is 10.0 Å². The van der Waals surface area contributed by atoms with Crippen LogP contribution in [0.15, 0.2) is 41.8 Å². The molecule has 1 saturated carbocycles. The molecule has 0 saturated heterocycles. The van der Waals surface area contributed by atoms with Crippen LogP contribution in [0.25, 0.3) is 4.90 Å². The predicted molar refractivity (Wildman–Crippen MR) is 111 cm³/mol. The van der Waals surface area contributed by atoms with Crippen molar-refractivity contribution in [2.45, 2.75) is 58.4 Å². The average Bonchev–Trinajstić information content (AvgIpc) is 2.89. The lowest BCUT2D eigenvalue weighted by atomic mass is 9.97. The van der Waals surface area contributed by atoms with Crippen LogP contribution in [0.2, 0.25) is 0 Å². The summed E-state index contributed by atoms with van der Waals surface area (Å²) in [4.78, 5) is 28.5. The minimum absolute atomic E-state index is 0.00459. The first-order chi connectivity index (χ1) is 13.0. The number of aromatic carboxylic acids is 1. The molecule has 0 bridgehead atoms. The van der Waals surface area contributed by atoms with Gasteiger partial charge in [0.1, 0.15) is 11.1 Å². The quantitative estimate of drug-likeness (QED) is 0.519. The van der Waals surface area contributed by atoms with Gasteiger partial charge in [-0.15, -0.1) is 0 Å². The smallest absolute Gasteiger partial charge is 0.391 e. The number of anilines is 1. The Morgan fingerprint density at radius 3 is 2.22 bits per heavy atom. The molecule has 1 aliphatic rings. The minimum Gasteiger partial charge on any atom is -0.474 e. The summed E-state index contributed by atoms with van der Waals surface area (Å²) in [7, 11) is -0.645. The molecule has 1 aromatic carbocycles. The van der Waals surface area contributed by atoms with E-state index in [1.54, 1.807) is 4.90 Å². The maximum atomic E-state index is 13.4. The number of carboxylic acid groups (broad SMARTS) is 1. The van der Waals surface area contributed by atoms with E-state index in [1.165, 1.54) is 12.8 Å². The van der Waals surface area contributed by atoms with Gasteiger partial charge in [0.15, 0.2) is 4.90 Å². The molecule has 1 fully saturated rings. The summed E-state index contributed by atoms with van der Waals surface area (Å²) < 4.78 is 0. The monoisotopic (exact) mass is 386 g/mol. The summed E-state index contributed by atoms with van der Waals surface area (Å²) in [5.41, 5.74) is 0.568. The number of carboxylic acids is 1. The third-order valence-corrected chi connectivity index (χ3v) is 7.24. The van der Waals surface area contributed by atoms with E-state index < -0.39 is 16.4 Å². The van der Waals surface area contributed by atoms with Gasteiger partial charge in [-0.3, -0.25) is 4.79 Å². The second-order valence-electron chi connectivity index (χ2n) is 7.46. The molecule has 5 heteroatoms. The number of nitrogens with zero attached hydrogens (tertiary/aromatic N) is 1. The molecule has 144 valence electrons. The zero-order valence-electron chi connectivity index (χ0n) is 16.1. The van der Waals surface area contributed by atoms with Crippen molar-refractivity contribution in [2.75, 3.05) is 4.90 Å². The Morgan fingerprint density at radius 2 is 1.67 bits per heavy atom. The molecular weight excluding hydrogens is 358 g/mol. The van der Waals surface area contributed by atoms with Gasteiger partial charge in [0.2, 0.25) is 5.91 Å². The number of benzene rings is 1. The topological polar surface area (TPSA) is 57.6 Å². The summed E-state index contributed by atoms with van der Waals surface area (Å²) >= 11 is 0. The number of carbonyl (C=O) groups is 2. The Bertz CT molecular complexity index is 789. The molecule has 4 nitrogen and oxygen atoms in total. The Morgan fingerprint density at radius 1 is 1.04 bits per heavy atom. The zero-order valence-corrected chi connectivity index (χ0v) is 16.9. The van der Waals surface area contributed by atoms with E-state index in [4.69, 9.17) is 0 Å². The van der Waals surface area contributed by atoms with Gasteiger partial charge in [0.25, 0.3) is 4.88 Å². The van der Waals surface area contributed by atoms with Crippen molar-refractivity contribution in [1.29, 1.82) is 0 Å². The highest BCUT2D eigenvalue weighted by Gasteiger charge is 2.36. The molecular formula is C22H28NO3S+. The zero-order chi connectivity index (χ0) is 19.4. The molecule has 0 spiro atoms. The molecule has 1 amide bonds. The minimum atomic E-state index is -0.943. The first-order valence-electron chi connectivity index (χ1n) is 9.77. The van der Waals surface area contributed by atoms with Crippen molar-refractivity contribution >= 4 is 28.0 Å². The van der Waals surface area contributed by atoms with E-state index in [0.29, 0.717) is 10.6 Å². The van der Waals surface area contributed by atoms with Crippen LogP contribution >= 0.6 is 10.5 Å². The number of thiophene rings is 1. The largest absolute Gasteiger partial charge is 0.474 e. The Kier molecular flexibility index (Phi) is 6.32. The summed E-state index contributed by atoms with van der Waals surface area (Å²) in [6, 6.07) is 11.4. The molecule has 1 aromatic heterocycles. The normalized spacial score (nSPS) is 16.2. The predicted octanol–water partition coefficient (Wildman–Crippen LogP) is 5.83. The molecule has 1 heterocycles. The van der Waals surface area contributed by atoms with Crippen molar-refractivity contribution in [1.82, 2.24) is 0 Å². The van der Waals surface area contributed by atoms with Crippen molar-refractivity contribution in [3.05, 3.63) is 46.7 Å². The highest BCUT2D eigenvalue weighted by atomic mass is 32.2. The third-order valence-electron chi connectivity index (χ3n) is 5.22. The second-order valence-corrected chi connectivity index (χ2v) is 9.29. The number of amides is 1. The maximum absolute atomic E-state index is 13.4. The molecule has 1 atom stereocenters. The van der Waals surface area contributed by atoms with Gasteiger partial charge in [-0.2, -0.15) is 0 Å². The van der Waals surface area contributed by atoms with E-state index in [9.17, 15) is 14.7 Å². The summed E-state index contributed by atoms with van der Waals surface area (Å²) in [6.45, 7) is 3.93. The lowest BCUT2D eigenvalue weighted by Crippen LogP contribution is -2.41. The van der Waals surface area contributed by atoms with Crippen LogP contribution in [0.5, 0.6) is 0 Å². The summed E-state index contributed by atoms with van der Waals surface area (Å²) in [5, 5.41) is 11.9. The molecule has 1 unspecified atom stereocenters. The highest BCUT2D eigenvalue weighted by Crippen LogP contribution is 2.43. The average molecular weight is 387 g/mol. The van der Waals surface area contributed by atoms with Crippen LogP contribution in [-0.4, -0.2) is 23.0 Å². The van der Waals surface area contributed by atoms with Crippen LogP contribution < -0.4 is 4.90 Å². The van der Waals surface area contributed by atoms with Gasteiger partial charge in [-0.25, -0.2) is 4.79 Å². The Labute approximate surface area is 163 Å². The molecule has 0 aliphatic heterocycles. The summed E-state index contributed by atoms with van der Waals surface area (Å²) in [5.74, 6) is -0.852. The second kappa shape index (κ2) is 8.70. The van der Waals surface area contributed by atoms with Crippen molar-refractivity contribution in [2.24, 2.45) is 5.92 Å². The van der Waals surface area contributed by atoms with Gasteiger partial charge >= 0.3 is 5.97 Å². The molecule has 27 heavy (non-hydrogen) atoms. The molecule has 3 rings (SSSR count). The van der Waals surface area contributed by atoms with E-state index in [1.807, 2.05) is 55.6 Å². The molecule has 0 radical (unpaired) electrons. The van der Waals surface area contributed by atoms with Crippen molar-refractivity contribution < 1.29 is 14.7 Å². The molecule has 1 N–H and O–H groups in total. The van der Waals surface area contributed by atoms with E-state index >= 15 is 0 Å². The third kappa shape index (κ3) is 4.24. The van der Waals surface area contributed by atoms with Crippen LogP contribution in [0.3, 0.4) is 0 Å². The lowest BCUT2D eigenvalue weighted by Gasteiger charge is -2.29. The Balaban J connectivity index is 2.02. The number of hydrogen-bond donors (Lipinski definition) is 1. The van der Waals surface area contributed by atoms with Crippen molar-refractivity contribution in [3.63, 3.8) is 0 Å². The maximum Gasteiger partial charge on any atom is 0.391 e. The van der Waals surface area contributed by atoms with Gasteiger partial charge in [0.05, 0.1) is 0 Å². The lowest BCUT2D eigenvalue weighted by molar-refractivity contribution is -0.123. The number of hydrogen-bond acceptors (Lipinski definition) is 2. The van der Waals surface area contributed by atoms with Crippen molar-refractivity contribution in [3.8, 4) is 4.90 Å². The fourth-order valence-electron chi connectivity index (χ4n) is 3.92. The Hall–Kier alpha value is -2.14. The SMILES string of the molecule is CC(C)N(C(=O)C1CCCCCC1)c1cc[s+](-c2ccccc2)c1C(=O)O. The molecule has 1 aliphatic carbocycles. The number of carbonyl (C=O) groups excluding carboxylic acids is 1. The fourth-order valence-corrected chi connectivity index (χ4v) is 5.74. The number of rotatable bonds is 5. The van der Waals surface area contributed by atoms with E-state index in [2.05, 4.69) is 0 Å². The standard InChI is InChI=1S/C22H27NO3S/c1-16(2)23(21(24)17-10-6-3-4-7-11-17)19-14-15-27(20(19)22(25)26)18-12-8-5-9-13-18/h5,8-9,12-17H,3-4,6-7,10-11H2,1-2H3/p+1. The van der Waals surface area contributed by atoms with E-state index in [0.717, 1.165) is 30.6 Å². The van der Waals surface area contributed by atoms with Gasteiger partial charge in [-0.1, -0.05) is 43.9 Å². The van der Waals surface area contributed by atoms with Crippen LogP contribution in [0, 0.1) is 5.92 Å².